The van der Waals surface area contributed by atoms with E-state index in [9.17, 15) is 0 Å². The maximum atomic E-state index is 5.87. The van der Waals surface area contributed by atoms with Gasteiger partial charge >= 0.3 is 0 Å². The van der Waals surface area contributed by atoms with Crippen molar-refractivity contribution >= 4 is 16.6 Å². The van der Waals surface area contributed by atoms with Crippen LogP contribution in [0.4, 0.5) is 5.69 Å². The minimum Gasteiger partial charge on any atom is -0.323 e. The van der Waals surface area contributed by atoms with Gasteiger partial charge in [0, 0.05) is 11.1 Å². The van der Waals surface area contributed by atoms with Gasteiger partial charge in [0.15, 0.2) is 0 Å². The number of fused-ring (bicyclic) bond motifs is 2. The number of benzene rings is 1. The van der Waals surface area contributed by atoms with Crippen molar-refractivity contribution in [1.82, 2.24) is 4.98 Å². The van der Waals surface area contributed by atoms with Crippen LogP contribution in [-0.4, -0.2) is 4.98 Å². The van der Waals surface area contributed by atoms with E-state index in [2.05, 4.69) is 37.5 Å². The number of hydrogen-bond acceptors (Lipinski definition) is 3. The van der Waals surface area contributed by atoms with Gasteiger partial charge in [-0.15, -0.1) is 0 Å². The Morgan fingerprint density at radius 3 is 2.81 bits per heavy atom. The van der Waals surface area contributed by atoms with Crippen molar-refractivity contribution in [3.05, 3.63) is 35.0 Å². The highest BCUT2D eigenvalue weighted by Gasteiger charge is 2.17. The average Bonchev–Trinajstić information content (AvgIpc) is 2.76. The zero-order chi connectivity index (χ0) is 14.8. The van der Waals surface area contributed by atoms with Crippen LogP contribution in [0, 0.1) is 0 Å². The van der Waals surface area contributed by atoms with Crippen LogP contribution in [0.5, 0.6) is 0 Å². The van der Waals surface area contributed by atoms with Crippen LogP contribution >= 0.6 is 0 Å². The molecular formula is C18H25N3. The molecule has 0 amide bonds. The smallest absolute Gasteiger partial charge is 0.0726 e. The van der Waals surface area contributed by atoms with Crippen molar-refractivity contribution < 1.29 is 0 Å². The van der Waals surface area contributed by atoms with Gasteiger partial charge in [-0.3, -0.25) is 10.8 Å². The molecule has 1 atom stereocenters. The van der Waals surface area contributed by atoms with Gasteiger partial charge in [0.2, 0.25) is 0 Å². The number of nitrogens with two attached hydrogens (primary N) is 1. The number of aromatic nitrogens is 1. The molecule has 3 N–H and O–H groups in total. The van der Waals surface area contributed by atoms with Crippen LogP contribution in [0.25, 0.3) is 10.9 Å². The Morgan fingerprint density at radius 1 is 1.24 bits per heavy atom. The highest BCUT2D eigenvalue weighted by molar-refractivity contribution is 5.94. The topological polar surface area (TPSA) is 50.9 Å². The Hall–Kier alpha value is -1.61. The van der Waals surface area contributed by atoms with E-state index in [-0.39, 0.29) is 0 Å². The lowest BCUT2D eigenvalue weighted by atomic mass is 9.95. The van der Waals surface area contributed by atoms with Crippen molar-refractivity contribution in [2.24, 2.45) is 5.84 Å². The molecule has 3 nitrogen and oxygen atoms in total. The summed E-state index contributed by atoms with van der Waals surface area (Å²) in [5.41, 5.74) is 9.08. The van der Waals surface area contributed by atoms with Crippen molar-refractivity contribution in [2.45, 2.75) is 58.3 Å². The SMILES string of the molecule is CCC(C)c1ccc2nc3c(c(NN)c2c1)CCCCC3. The van der Waals surface area contributed by atoms with Crippen LogP contribution in [0.1, 0.15) is 62.3 Å². The minimum absolute atomic E-state index is 0.568. The second-order valence-corrected chi connectivity index (χ2v) is 6.20. The van der Waals surface area contributed by atoms with E-state index in [1.165, 1.54) is 41.5 Å². The summed E-state index contributed by atoms with van der Waals surface area (Å²) in [6.07, 6.45) is 7.07. The van der Waals surface area contributed by atoms with Gasteiger partial charge in [-0.25, -0.2) is 0 Å². The maximum Gasteiger partial charge on any atom is 0.0726 e. The first-order chi connectivity index (χ1) is 10.2. The Morgan fingerprint density at radius 2 is 2.05 bits per heavy atom. The Bertz CT molecular complexity index is 648. The molecule has 3 heteroatoms. The van der Waals surface area contributed by atoms with E-state index in [4.69, 9.17) is 10.8 Å². The summed E-state index contributed by atoms with van der Waals surface area (Å²) in [6.45, 7) is 4.50. The fourth-order valence-corrected chi connectivity index (χ4v) is 3.33. The molecule has 2 aromatic rings. The Balaban J connectivity index is 2.21. The molecule has 0 aliphatic heterocycles. The molecular weight excluding hydrogens is 258 g/mol. The van der Waals surface area contributed by atoms with Gasteiger partial charge in [0.1, 0.15) is 0 Å². The number of rotatable bonds is 3. The molecule has 0 bridgehead atoms. The first-order valence-corrected chi connectivity index (χ1v) is 8.16. The second-order valence-electron chi connectivity index (χ2n) is 6.20. The molecule has 1 aliphatic rings. The Kier molecular flexibility index (Phi) is 4.11. The summed E-state index contributed by atoms with van der Waals surface area (Å²) in [4.78, 5) is 4.92. The second kappa shape index (κ2) is 6.02. The van der Waals surface area contributed by atoms with Crippen molar-refractivity contribution in [3.8, 4) is 0 Å². The molecule has 0 radical (unpaired) electrons. The van der Waals surface area contributed by atoms with Crippen LogP contribution < -0.4 is 11.3 Å². The van der Waals surface area contributed by atoms with Crippen LogP contribution in [0.2, 0.25) is 0 Å². The maximum absolute atomic E-state index is 5.87. The summed E-state index contributed by atoms with van der Waals surface area (Å²) < 4.78 is 0. The number of nitrogens with zero attached hydrogens (tertiary/aromatic N) is 1. The van der Waals surface area contributed by atoms with Gasteiger partial charge < -0.3 is 5.43 Å². The summed E-state index contributed by atoms with van der Waals surface area (Å²) >= 11 is 0. The third-order valence-corrected chi connectivity index (χ3v) is 4.86. The lowest BCUT2D eigenvalue weighted by Crippen LogP contribution is -2.12. The molecule has 3 rings (SSSR count). The summed E-state index contributed by atoms with van der Waals surface area (Å²) in [7, 11) is 0. The summed E-state index contributed by atoms with van der Waals surface area (Å²) in [6, 6.07) is 6.65. The molecule has 0 spiro atoms. The third-order valence-electron chi connectivity index (χ3n) is 4.86. The number of anilines is 1. The standard InChI is InChI=1S/C18H25N3/c1-3-12(2)13-9-10-17-15(11-13)18(21-19)14-7-5-4-6-8-16(14)20-17/h9-12H,3-8,19H2,1-2H3,(H,20,21). The molecule has 1 unspecified atom stereocenters. The quantitative estimate of drug-likeness (QED) is 0.501. The van der Waals surface area contributed by atoms with Gasteiger partial charge in [0.05, 0.1) is 11.2 Å². The molecule has 112 valence electrons. The van der Waals surface area contributed by atoms with Crippen LogP contribution in [0.3, 0.4) is 0 Å². The largest absolute Gasteiger partial charge is 0.323 e. The highest BCUT2D eigenvalue weighted by Crippen LogP contribution is 2.34. The first-order valence-electron chi connectivity index (χ1n) is 8.16. The van der Waals surface area contributed by atoms with E-state index in [1.54, 1.807) is 0 Å². The van der Waals surface area contributed by atoms with Crippen LogP contribution in [-0.2, 0) is 12.8 Å². The third kappa shape index (κ3) is 2.62. The Labute approximate surface area is 126 Å². The molecule has 1 aromatic carbocycles. The summed E-state index contributed by atoms with van der Waals surface area (Å²) in [5.74, 6) is 6.44. The number of aryl methyl sites for hydroxylation is 1. The minimum atomic E-state index is 0.568. The van der Waals surface area contributed by atoms with E-state index in [0.29, 0.717) is 5.92 Å². The molecule has 1 aromatic heterocycles. The van der Waals surface area contributed by atoms with Gasteiger partial charge in [-0.2, -0.15) is 0 Å². The van der Waals surface area contributed by atoms with Gasteiger partial charge in [-0.1, -0.05) is 26.3 Å². The van der Waals surface area contributed by atoms with Crippen LogP contribution in [0.15, 0.2) is 18.2 Å². The normalized spacial score (nSPS) is 16.3. The predicted molar refractivity (Wildman–Crippen MR) is 89.5 cm³/mol. The van der Waals surface area contributed by atoms with E-state index in [0.717, 1.165) is 30.5 Å². The molecule has 1 aliphatic carbocycles. The zero-order valence-corrected chi connectivity index (χ0v) is 13.1. The zero-order valence-electron chi connectivity index (χ0n) is 13.1. The fourth-order valence-electron chi connectivity index (χ4n) is 3.33. The van der Waals surface area contributed by atoms with E-state index >= 15 is 0 Å². The highest BCUT2D eigenvalue weighted by atomic mass is 15.2. The van der Waals surface area contributed by atoms with E-state index in [1.807, 2.05) is 0 Å². The van der Waals surface area contributed by atoms with Crippen molar-refractivity contribution in [3.63, 3.8) is 0 Å². The molecule has 0 saturated heterocycles. The molecule has 0 saturated carbocycles. The van der Waals surface area contributed by atoms with Crippen molar-refractivity contribution in [1.29, 1.82) is 0 Å². The van der Waals surface area contributed by atoms with Crippen molar-refractivity contribution in [2.75, 3.05) is 5.43 Å². The molecule has 0 fully saturated rings. The number of hydrazine groups is 1. The van der Waals surface area contributed by atoms with Gasteiger partial charge in [-0.05, 0) is 61.3 Å². The molecule has 21 heavy (non-hydrogen) atoms. The monoisotopic (exact) mass is 283 g/mol. The number of nitrogens with one attached hydrogen (secondary N) is 1. The summed E-state index contributed by atoms with van der Waals surface area (Å²) in [5, 5.41) is 1.18. The lowest BCUT2D eigenvalue weighted by Gasteiger charge is -2.17. The number of hydrogen-bond donors (Lipinski definition) is 2. The van der Waals surface area contributed by atoms with E-state index < -0.39 is 0 Å². The average molecular weight is 283 g/mol. The van der Waals surface area contributed by atoms with Gasteiger partial charge in [0.25, 0.3) is 0 Å². The predicted octanol–water partition coefficient (Wildman–Crippen LogP) is 4.30. The first kappa shape index (κ1) is 14.3. The molecule has 1 heterocycles. The lowest BCUT2D eigenvalue weighted by molar-refractivity contribution is 0.709. The number of nitrogen functional groups attached to an aromatic ring is 1. The fraction of sp³-hybridized carbons (Fsp3) is 0.500. The number of pyridine rings is 1.